The van der Waals surface area contributed by atoms with Crippen molar-refractivity contribution in [3.63, 3.8) is 0 Å². The summed E-state index contributed by atoms with van der Waals surface area (Å²) in [4.78, 5) is 7.90. The maximum Gasteiger partial charge on any atom is 0.144 e. The summed E-state index contributed by atoms with van der Waals surface area (Å²) >= 11 is 0. The Morgan fingerprint density at radius 1 is 1.25 bits per heavy atom. The van der Waals surface area contributed by atoms with Gasteiger partial charge in [0.1, 0.15) is 17.6 Å². The van der Waals surface area contributed by atoms with Gasteiger partial charge in [-0.2, -0.15) is 5.26 Å². The summed E-state index contributed by atoms with van der Waals surface area (Å²) in [7, 11) is 0. The topological polar surface area (TPSA) is 49.6 Å². The standard InChI is InChI=1S/C7H7N3.C2H6/c1-5-3-7(4-8)10-6(2)9-5;1-2/h3H,1-2H3;1-2H3. The van der Waals surface area contributed by atoms with Gasteiger partial charge in [0.05, 0.1) is 0 Å². The van der Waals surface area contributed by atoms with E-state index < -0.39 is 0 Å². The molecule has 0 amide bonds. The molecule has 1 heterocycles. The predicted molar refractivity (Wildman–Crippen MR) is 47.6 cm³/mol. The Labute approximate surface area is 73.1 Å². The van der Waals surface area contributed by atoms with Crippen LogP contribution in [0.1, 0.15) is 31.1 Å². The van der Waals surface area contributed by atoms with Crippen molar-refractivity contribution in [1.29, 1.82) is 5.26 Å². The van der Waals surface area contributed by atoms with Gasteiger partial charge in [0.2, 0.25) is 0 Å². The first-order valence-electron chi connectivity index (χ1n) is 3.95. The smallest absolute Gasteiger partial charge is 0.144 e. The van der Waals surface area contributed by atoms with Crippen LogP contribution in [-0.4, -0.2) is 9.97 Å². The van der Waals surface area contributed by atoms with Crippen LogP contribution in [0.15, 0.2) is 6.07 Å². The molecule has 0 atom stereocenters. The molecular weight excluding hydrogens is 150 g/mol. The van der Waals surface area contributed by atoms with Crippen LogP contribution in [-0.2, 0) is 0 Å². The minimum Gasteiger partial charge on any atom is -0.238 e. The summed E-state index contributed by atoms with van der Waals surface area (Å²) in [5.74, 6) is 0.650. The quantitative estimate of drug-likeness (QED) is 0.587. The van der Waals surface area contributed by atoms with Gasteiger partial charge >= 0.3 is 0 Å². The Morgan fingerprint density at radius 2 is 1.83 bits per heavy atom. The maximum absolute atomic E-state index is 8.45. The molecule has 3 heteroatoms. The molecule has 0 fully saturated rings. The molecule has 1 rings (SSSR count). The third-order valence-corrected chi connectivity index (χ3v) is 1.08. The second-order valence-corrected chi connectivity index (χ2v) is 2.05. The Bertz CT molecular complexity index is 266. The summed E-state index contributed by atoms with van der Waals surface area (Å²) in [6.45, 7) is 7.61. The minimum atomic E-state index is 0.435. The van der Waals surface area contributed by atoms with Gasteiger partial charge in [-0.15, -0.1) is 0 Å². The van der Waals surface area contributed by atoms with Crippen molar-refractivity contribution in [3.05, 3.63) is 23.3 Å². The summed E-state index contributed by atoms with van der Waals surface area (Å²) in [6, 6.07) is 3.62. The lowest BCUT2D eigenvalue weighted by atomic mass is 10.3. The first-order chi connectivity index (χ1) is 5.72. The SMILES string of the molecule is CC.Cc1cc(C#N)nc(C)n1. The van der Waals surface area contributed by atoms with E-state index in [-0.39, 0.29) is 0 Å². The average molecular weight is 163 g/mol. The summed E-state index contributed by atoms with van der Waals surface area (Å²) < 4.78 is 0. The highest BCUT2D eigenvalue weighted by Crippen LogP contribution is 1.96. The number of aryl methyl sites for hydroxylation is 2. The Hall–Kier alpha value is -1.43. The fourth-order valence-corrected chi connectivity index (χ4v) is 0.774. The number of nitrogens with zero attached hydrogens (tertiary/aromatic N) is 3. The maximum atomic E-state index is 8.45. The average Bonchev–Trinajstić information content (AvgIpc) is 2.06. The highest BCUT2D eigenvalue weighted by molar-refractivity contribution is 5.21. The molecule has 0 N–H and O–H groups in total. The van der Waals surface area contributed by atoms with E-state index in [9.17, 15) is 0 Å². The minimum absolute atomic E-state index is 0.435. The van der Waals surface area contributed by atoms with Crippen LogP contribution in [0.2, 0.25) is 0 Å². The molecule has 64 valence electrons. The van der Waals surface area contributed by atoms with E-state index in [1.54, 1.807) is 13.0 Å². The van der Waals surface area contributed by atoms with Crippen LogP contribution in [0.4, 0.5) is 0 Å². The molecule has 0 aliphatic carbocycles. The fourth-order valence-electron chi connectivity index (χ4n) is 0.774. The highest BCUT2D eigenvalue weighted by atomic mass is 14.9. The summed E-state index contributed by atoms with van der Waals surface area (Å²) in [6.07, 6.45) is 0. The molecule has 1 aromatic heterocycles. The molecule has 12 heavy (non-hydrogen) atoms. The zero-order valence-corrected chi connectivity index (χ0v) is 7.92. The van der Waals surface area contributed by atoms with E-state index in [0.29, 0.717) is 11.5 Å². The van der Waals surface area contributed by atoms with Crippen molar-refractivity contribution in [3.8, 4) is 6.07 Å². The second-order valence-electron chi connectivity index (χ2n) is 2.05. The molecule has 0 radical (unpaired) electrons. The monoisotopic (exact) mass is 163 g/mol. The first kappa shape index (κ1) is 10.6. The van der Waals surface area contributed by atoms with Gasteiger partial charge in [-0.25, -0.2) is 9.97 Å². The van der Waals surface area contributed by atoms with Gasteiger partial charge in [-0.1, -0.05) is 13.8 Å². The zero-order chi connectivity index (χ0) is 9.56. The Kier molecular flexibility index (Phi) is 4.62. The van der Waals surface area contributed by atoms with Crippen LogP contribution in [0.5, 0.6) is 0 Å². The Balaban J connectivity index is 0.000000561. The zero-order valence-electron chi connectivity index (χ0n) is 7.92. The van der Waals surface area contributed by atoms with Gasteiger partial charge < -0.3 is 0 Å². The highest BCUT2D eigenvalue weighted by Gasteiger charge is 1.94. The fraction of sp³-hybridized carbons (Fsp3) is 0.444. The van der Waals surface area contributed by atoms with Crippen molar-refractivity contribution in [2.75, 3.05) is 0 Å². The second kappa shape index (κ2) is 5.25. The van der Waals surface area contributed by atoms with Crippen LogP contribution >= 0.6 is 0 Å². The molecule has 0 saturated carbocycles. The van der Waals surface area contributed by atoms with E-state index in [1.165, 1.54) is 0 Å². The van der Waals surface area contributed by atoms with Crippen LogP contribution < -0.4 is 0 Å². The van der Waals surface area contributed by atoms with Crippen LogP contribution in [0, 0.1) is 25.2 Å². The number of aromatic nitrogens is 2. The Morgan fingerprint density at radius 3 is 2.25 bits per heavy atom. The van der Waals surface area contributed by atoms with Crippen molar-refractivity contribution >= 4 is 0 Å². The van der Waals surface area contributed by atoms with Crippen LogP contribution in [0.3, 0.4) is 0 Å². The molecule has 1 aromatic rings. The van der Waals surface area contributed by atoms with E-state index in [2.05, 4.69) is 9.97 Å². The number of nitriles is 1. The van der Waals surface area contributed by atoms with Crippen molar-refractivity contribution in [2.45, 2.75) is 27.7 Å². The van der Waals surface area contributed by atoms with Gasteiger partial charge in [0.25, 0.3) is 0 Å². The van der Waals surface area contributed by atoms with Crippen LogP contribution in [0.25, 0.3) is 0 Å². The van der Waals surface area contributed by atoms with Crippen molar-refractivity contribution in [1.82, 2.24) is 9.97 Å². The van der Waals surface area contributed by atoms with Gasteiger partial charge in [-0.05, 0) is 19.9 Å². The molecular formula is C9H13N3. The molecule has 0 spiro atoms. The lowest BCUT2D eigenvalue weighted by Gasteiger charge is -1.93. The largest absolute Gasteiger partial charge is 0.238 e. The third kappa shape index (κ3) is 3.11. The molecule has 0 bridgehead atoms. The van der Waals surface area contributed by atoms with E-state index in [1.807, 2.05) is 26.8 Å². The molecule has 0 aliphatic heterocycles. The summed E-state index contributed by atoms with van der Waals surface area (Å²) in [5.41, 5.74) is 1.27. The lowest BCUT2D eigenvalue weighted by molar-refractivity contribution is 0.996. The molecule has 0 saturated heterocycles. The normalized spacial score (nSPS) is 7.92. The number of hydrogen-bond donors (Lipinski definition) is 0. The first-order valence-corrected chi connectivity index (χ1v) is 3.95. The molecule has 0 aliphatic rings. The van der Waals surface area contributed by atoms with Gasteiger partial charge in [0, 0.05) is 5.69 Å². The third-order valence-electron chi connectivity index (χ3n) is 1.08. The van der Waals surface area contributed by atoms with E-state index in [4.69, 9.17) is 5.26 Å². The van der Waals surface area contributed by atoms with E-state index in [0.717, 1.165) is 5.69 Å². The van der Waals surface area contributed by atoms with Crippen molar-refractivity contribution < 1.29 is 0 Å². The number of hydrogen-bond acceptors (Lipinski definition) is 3. The van der Waals surface area contributed by atoms with Crippen molar-refractivity contribution in [2.24, 2.45) is 0 Å². The van der Waals surface area contributed by atoms with Gasteiger partial charge in [0.15, 0.2) is 0 Å². The lowest BCUT2D eigenvalue weighted by Crippen LogP contribution is -1.92. The summed E-state index contributed by atoms with van der Waals surface area (Å²) in [5, 5.41) is 8.45. The molecule has 0 aromatic carbocycles. The molecule has 3 nitrogen and oxygen atoms in total. The van der Waals surface area contributed by atoms with E-state index >= 15 is 0 Å². The predicted octanol–water partition coefficient (Wildman–Crippen LogP) is 1.99. The van der Waals surface area contributed by atoms with Gasteiger partial charge in [-0.3, -0.25) is 0 Å². The number of rotatable bonds is 0. The molecule has 0 unspecified atom stereocenters.